The van der Waals surface area contributed by atoms with Crippen LogP contribution in [0.2, 0.25) is 0 Å². The number of nitrogens with one attached hydrogen (secondary N) is 1. The number of hydrogen-bond acceptors (Lipinski definition) is 5. The van der Waals surface area contributed by atoms with Crippen LogP contribution < -0.4 is 11.1 Å². The molecule has 0 aromatic heterocycles. The molecule has 3 saturated carbocycles. The summed E-state index contributed by atoms with van der Waals surface area (Å²) in [6.45, 7) is 10.1. The van der Waals surface area contributed by atoms with E-state index in [1.807, 2.05) is 19.2 Å². The summed E-state index contributed by atoms with van der Waals surface area (Å²) in [4.78, 5) is 0. The summed E-state index contributed by atoms with van der Waals surface area (Å²) in [5.41, 5.74) is 10.2. The maximum atomic E-state index is 10.7. The third-order valence-corrected chi connectivity index (χ3v) is 12.1. The predicted octanol–water partition coefficient (Wildman–Crippen LogP) is 5.58. The molecule has 1 spiro atoms. The van der Waals surface area contributed by atoms with Crippen LogP contribution in [0.4, 0.5) is 0 Å². The van der Waals surface area contributed by atoms with Gasteiger partial charge in [-0.25, -0.2) is 0 Å². The minimum Gasteiger partial charge on any atom is -0.508 e. The number of hydrogen-bond donors (Lipinski definition) is 4. The lowest BCUT2D eigenvalue weighted by molar-refractivity contribution is -0.340. The molecule has 5 nitrogen and oxygen atoms in total. The highest BCUT2D eigenvalue weighted by Crippen LogP contribution is 2.68. The number of phenols is 1. The third-order valence-electron chi connectivity index (χ3n) is 12.1. The standard InChI is InChI=1S/C36H54N2O3/c1-22(2)9-10-23-13-24-15-29(14-23)35-19-26-11-12-28(21-39)36(37,33(26)34(3,4)41-35)32(35)8-6-7-25-17-30(40)18-27(20-38-5)31(25)16-24/h17-18,22-24,26,28-29,32-33,38-40H,7,9-16,19-21,37H2,1-5H3/t23-,24+,26+,28-,29-,32-,33-,35-,36-/m0/s1. The van der Waals surface area contributed by atoms with Crippen molar-refractivity contribution >= 4 is 0 Å². The van der Waals surface area contributed by atoms with Crippen molar-refractivity contribution in [1.82, 2.24) is 5.32 Å². The van der Waals surface area contributed by atoms with Crippen LogP contribution in [0.1, 0.15) is 95.8 Å². The van der Waals surface area contributed by atoms with Gasteiger partial charge < -0.3 is 26.0 Å². The molecule has 4 aliphatic carbocycles. The first-order valence-electron chi connectivity index (χ1n) is 16.6. The highest BCUT2D eigenvalue weighted by Gasteiger charge is 2.74. The topological polar surface area (TPSA) is 87.7 Å². The fraction of sp³-hybridized carbons (Fsp3) is 0.778. The minimum atomic E-state index is -0.557. The second-order valence-corrected chi connectivity index (χ2v) is 15.6. The zero-order valence-electron chi connectivity index (χ0n) is 26.1. The molecule has 1 aromatic carbocycles. The molecular weight excluding hydrogens is 508 g/mol. The van der Waals surface area contributed by atoms with Gasteiger partial charge in [-0.1, -0.05) is 38.5 Å². The van der Waals surface area contributed by atoms with Crippen LogP contribution in [-0.4, -0.2) is 40.6 Å². The third kappa shape index (κ3) is 4.86. The van der Waals surface area contributed by atoms with Gasteiger partial charge in [0, 0.05) is 36.9 Å². The summed E-state index contributed by atoms with van der Waals surface area (Å²) in [7, 11) is 1.98. The van der Waals surface area contributed by atoms with E-state index in [0.29, 0.717) is 41.8 Å². The Morgan fingerprint density at radius 1 is 1.17 bits per heavy atom. The molecule has 2 aliphatic heterocycles. The van der Waals surface area contributed by atoms with Crippen LogP contribution in [0.25, 0.3) is 0 Å². The van der Waals surface area contributed by atoms with Crippen molar-refractivity contribution in [1.29, 1.82) is 0 Å². The van der Waals surface area contributed by atoms with Gasteiger partial charge in [0.25, 0.3) is 0 Å². The Kier molecular flexibility index (Phi) is 7.80. The molecule has 5 fully saturated rings. The summed E-state index contributed by atoms with van der Waals surface area (Å²) in [5.74, 6) is 10.8. The Hall–Kier alpha value is -1.58. The lowest BCUT2D eigenvalue weighted by atomic mass is 9.40. The second-order valence-electron chi connectivity index (χ2n) is 15.6. The van der Waals surface area contributed by atoms with E-state index in [1.165, 1.54) is 36.8 Å². The first-order valence-corrected chi connectivity index (χ1v) is 16.6. The summed E-state index contributed by atoms with van der Waals surface area (Å²) < 4.78 is 7.44. The quantitative estimate of drug-likeness (QED) is 0.340. The number of ether oxygens (including phenoxy) is 1. The second kappa shape index (κ2) is 10.8. The van der Waals surface area contributed by atoms with Crippen LogP contribution in [0.3, 0.4) is 0 Å². The molecule has 0 unspecified atom stereocenters. The van der Waals surface area contributed by atoms with E-state index in [0.717, 1.165) is 44.2 Å². The zero-order valence-corrected chi connectivity index (χ0v) is 26.1. The first-order chi connectivity index (χ1) is 19.5. The number of benzene rings is 1. The highest BCUT2D eigenvalue weighted by molar-refractivity contribution is 5.45. The van der Waals surface area contributed by atoms with Crippen molar-refractivity contribution in [3.05, 3.63) is 28.8 Å². The average Bonchev–Trinajstić information content (AvgIpc) is 2.91. The summed E-state index contributed by atoms with van der Waals surface area (Å²) in [6, 6.07) is 3.90. The van der Waals surface area contributed by atoms with Gasteiger partial charge in [-0.15, -0.1) is 0 Å². The smallest absolute Gasteiger partial charge is 0.116 e. The molecule has 226 valence electrons. The van der Waals surface area contributed by atoms with Gasteiger partial charge in [-0.2, -0.15) is 0 Å². The van der Waals surface area contributed by atoms with Gasteiger partial charge in [-0.3, -0.25) is 0 Å². The van der Waals surface area contributed by atoms with Gasteiger partial charge in [0.05, 0.1) is 17.1 Å². The number of aromatic hydroxyl groups is 1. The van der Waals surface area contributed by atoms with E-state index in [1.54, 1.807) is 0 Å². The highest BCUT2D eigenvalue weighted by atomic mass is 16.5. The van der Waals surface area contributed by atoms with Crippen LogP contribution in [0.5, 0.6) is 5.75 Å². The Balaban J connectivity index is 1.51. The van der Waals surface area contributed by atoms with Gasteiger partial charge in [0.1, 0.15) is 5.75 Å². The van der Waals surface area contributed by atoms with E-state index < -0.39 is 5.54 Å². The molecule has 5 N–H and O–H groups in total. The summed E-state index contributed by atoms with van der Waals surface area (Å²) >= 11 is 0. The van der Waals surface area contributed by atoms with Crippen molar-refractivity contribution in [3.63, 3.8) is 0 Å². The van der Waals surface area contributed by atoms with Gasteiger partial charge in [0.15, 0.2) is 0 Å². The van der Waals surface area contributed by atoms with Crippen LogP contribution >= 0.6 is 0 Å². The predicted molar refractivity (Wildman–Crippen MR) is 164 cm³/mol. The molecule has 7 rings (SSSR count). The van der Waals surface area contributed by atoms with Crippen LogP contribution in [0, 0.1) is 59.2 Å². The van der Waals surface area contributed by atoms with Gasteiger partial charge in [-0.05, 0) is 124 Å². The van der Waals surface area contributed by atoms with Crippen molar-refractivity contribution in [2.75, 3.05) is 13.7 Å². The fourth-order valence-corrected chi connectivity index (χ4v) is 10.9. The molecule has 0 amide bonds. The zero-order chi connectivity index (χ0) is 29.2. The van der Waals surface area contributed by atoms with Gasteiger partial charge >= 0.3 is 0 Å². The van der Waals surface area contributed by atoms with E-state index in [2.05, 4.69) is 44.9 Å². The Morgan fingerprint density at radius 3 is 2.71 bits per heavy atom. The molecule has 0 radical (unpaired) electrons. The fourth-order valence-electron chi connectivity index (χ4n) is 10.9. The largest absolute Gasteiger partial charge is 0.508 e. The van der Waals surface area contributed by atoms with E-state index in [9.17, 15) is 10.2 Å². The van der Waals surface area contributed by atoms with Gasteiger partial charge in [0.2, 0.25) is 0 Å². The normalized spacial score (nSPS) is 40.6. The molecule has 2 heterocycles. The van der Waals surface area contributed by atoms with Crippen LogP contribution in [0.15, 0.2) is 12.1 Å². The molecule has 9 atom stereocenters. The Bertz CT molecular complexity index is 1200. The van der Waals surface area contributed by atoms with Crippen molar-refractivity contribution in [3.8, 4) is 17.6 Å². The number of aliphatic hydroxyl groups excluding tert-OH is 1. The first kappa shape index (κ1) is 29.5. The lowest BCUT2D eigenvalue weighted by Crippen LogP contribution is -2.82. The maximum Gasteiger partial charge on any atom is 0.116 e. The van der Waals surface area contributed by atoms with E-state index in [-0.39, 0.29) is 35.6 Å². The molecule has 1 aromatic rings. The Morgan fingerprint density at radius 2 is 1.98 bits per heavy atom. The van der Waals surface area contributed by atoms with Crippen molar-refractivity contribution in [2.45, 2.75) is 115 Å². The maximum absolute atomic E-state index is 10.7. The molecule has 6 bridgehead atoms. The van der Waals surface area contributed by atoms with Crippen LogP contribution in [-0.2, 0) is 24.1 Å². The summed E-state index contributed by atoms with van der Waals surface area (Å²) in [6.07, 6.45) is 10.9. The molecule has 5 heteroatoms. The molecule has 2 saturated heterocycles. The summed E-state index contributed by atoms with van der Waals surface area (Å²) in [5, 5.41) is 24.7. The average molecular weight is 563 g/mol. The SMILES string of the molecule is CNCc1cc(O)cc2c1C[C@@H]1C[C@H](CCC(C)C)C[C@@H](C1)[C@]13C[C@H]4CC[C@@H](CO)[C@@](N)([C@@H]4C(C)(C)O1)[C@H]3C#CC2. The molecule has 6 aliphatic rings. The van der Waals surface area contributed by atoms with E-state index in [4.69, 9.17) is 10.5 Å². The van der Waals surface area contributed by atoms with Crippen molar-refractivity contribution < 1.29 is 14.9 Å². The molecular formula is C36H54N2O3. The number of fused-ring (bicyclic) bond motifs is 4. The minimum absolute atomic E-state index is 0.0470. The van der Waals surface area contributed by atoms with Crippen molar-refractivity contribution in [2.24, 2.45) is 53.1 Å². The Labute approximate surface area is 248 Å². The number of aliphatic hydroxyl groups is 1. The number of nitrogens with two attached hydrogens (primary N) is 1. The monoisotopic (exact) mass is 562 g/mol. The number of rotatable bonds is 6. The lowest BCUT2D eigenvalue weighted by Gasteiger charge is -2.73. The number of phenolic OH excluding ortho intramolecular Hbond substituents is 1. The molecule has 41 heavy (non-hydrogen) atoms. The van der Waals surface area contributed by atoms with E-state index >= 15 is 0 Å².